The van der Waals surface area contributed by atoms with Crippen LogP contribution in [0.1, 0.15) is 6.42 Å². The third-order valence-electron chi connectivity index (χ3n) is 5.21. The Labute approximate surface area is 172 Å². The summed E-state index contributed by atoms with van der Waals surface area (Å²) in [6, 6.07) is 10.2. The van der Waals surface area contributed by atoms with Crippen molar-refractivity contribution in [1.29, 1.82) is 0 Å². The van der Waals surface area contributed by atoms with Crippen molar-refractivity contribution in [2.45, 2.75) is 17.9 Å². The Bertz CT molecular complexity index is 1190. The Morgan fingerprint density at radius 2 is 1.73 bits per heavy atom. The lowest BCUT2D eigenvalue weighted by Crippen LogP contribution is -2.50. The number of aryl methyl sites for hydroxylation is 1. The highest BCUT2D eigenvalue weighted by Crippen LogP contribution is 2.20. The maximum Gasteiger partial charge on any atom is 0.243 e. The molecule has 0 saturated carbocycles. The van der Waals surface area contributed by atoms with E-state index in [1.54, 1.807) is 11.2 Å². The van der Waals surface area contributed by atoms with Crippen molar-refractivity contribution >= 4 is 27.0 Å². The minimum Gasteiger partial charge on any atom is -0.340 e. The van der Waals surface area contributed by atoms with Gasteiger partial charge in [-0.1, -0.05) is 12.1 Å². The van der Waals surface area contributed by atoms with Crippen LogP contribution in [0.3, 0.4) is 0 Å². The highest BCUT2D eigenvalue weighted by molar-refractivity contribution is 7.89. The summed E-state index contributed by atoms with van der Waals surface area (Å²) >= 11 is 0. The molecule has 158 valence electrons. The third kappa shape index (κ3) is 3.92. The number of sulfonamides is 1. The van der Waals surface area contributed by atoms with Gasteiger partial charge in [0.25, 0.3) is 0 Å². The number of piperazine rings is 1. The summed E-state index contributed by atoms with van der Waals surface area (Å²) in [5.74, 6) is -2.38. The summed E-state index contributed by atoms with van der Waals surface area (Å²) in [5.41, 5.74) is 1.81. The van der Waals surface area contributed by atoms with E-state index in [0.29, 0.717) is 12.6 Å². The van der Waals surface area contributed by atoms with Crippen LogP contribution in [0.5, 0.6) is 0 Å². The van der Waals surface area contributed by atoms with Crippen molar-refractivity contribution < 1.29 is 22.0 Å². The molecule has 1 aliphatic heterocycles. The molecule has 0 radical (unpaired) electrons. The zero-order valence-corrected chi connectivity index (χ0v) is 16.9. The van der Waals surface area contributed by atoms with Crippen molar-refractivity contribution in [3.05, 3.63) is 60.4 Å². The highest BCUT2D eigenvalue weighted by Gasteiger charge is 2.30. The van der Waals surface area contributed by atoms with Crippen LogP contribution in [-0.2, 0) is 21.4 Å². The normalized spacial score (nSPS) is 15.6. The fraction of sp³-hybridized carbons (Fsp3) is 0.300. The van der Waals surface area contributed by atoms with Gasteiger partial charge in [0.2, 0.25) is 15.9 Å². The second-order valence-electron chi connectivity index (χ2n) is 7.04. The molecule has 1 amide bonds. The highest BCUT2D eigenvalue weighted by atomic mass is 32.2. The maximum absolute atomic E-state index is 13.4. The number of aromatic nitrogens is 2. The van der Waals surface area contributed by atoms with Gasteiger partial charge in [-0.05, 0) is 30.3 Å². The molecule has 2 aromatic carbocycles. The molecule has 0 N–H and O–H groups in total. The summed E-state index contributed by atoms with van der Waals surface area (Å²) in [4.78, 5) is 18.2. The second kappa shape index (κ2) is 8.11. The van der Waals surface area contributed by atoms with Gasteiger partial charge in [-0.15, -0.1) is 0 Å². The molecular formula is C20H20F2N4O3S. The number of hydrogen-bond acceptors (Lipinski definition) is 4. The number of hydrogen-bond donors (Lipinski definition) is 0. The van der Waals surface area contributed by atoms with Gasteiger partial charge in [0.15, 0.2) is 11.6 Å². The topological polar surface area (TPSA) is 75.5 Å². The van der Waals surface area contributed by atoms with Crippen LogP contribution in [0.4, 0.5) is 8.78 Å². The lowest BCUT2D eigenvalue weighted by Gasteiger charge is -2.34. The van der Waals surface area contributed by atoms with Crippen LogP contribution in [0.15, 0.2) is 53.7 Å². The second-order valence-corrected chi connectivity index (χ2v) is 8.98. The minimum absolute atomic E-state index is 0.0716. The van der Waals surface area contributed by atoms with Crippen LogP contribution in [-0.4, -0.2) is 59.3 Å². The van der Waals surface area contributed by atoms with E-state index in [1.165, 1.54) is 4.31 Å². The van der Waals surface area contributed by atoms with Crippen LogP contribution < -0.4 is 0 Å². The van der Waals surface area contributed by atoms with Crippen LogP contribution in [0, 0.1) is 11.6 Å². The fourth-order valence-electron chi connectivity index (χ4n) is 3.53. The molecule has 0 spiro atoms. The summed E-state index contributed by atoms with van der Waals surface area (Å²) < 4.78 is 54.9. The number of imidazole rings is 1. The molecule has 1 aliphatic rings. The summed E-state index contributed by atoms with van der Waals surface area (Å²) in [7, 11) is -3.95. The summed E-state index contributed by atoms with van der Waals surface area (Å²) in [5, 5.41) is 0. The number of rotatable bonds is 5. The van der Waals surface area contributed by atoms with Crippen molar-refractivity contribution in [2.24, 2.45) is 0 Å². The standard InChI is InChI=1S/C20H20F2N4O3S/c21-16-6-5-15(13-17(16)22)30(28,29)26-11-9-24(10-12-26)20(27)7-8-25-14-23-18-3-1-2-4-19(18)25/h1-6,13-14H,7-12H2. The van der Waals surface area contributed by atoms with Crippen molar-refractivity contribution in [1.82, 2.24) is 18.8 Å². The van der Waals surface area contributed by atoms with E-state index in [4.69, 9.17) is 0 Å². The van der Waals surface area contributed by atoms with Gasteiger partial charge in [-0.25, -0.2) is 22.2 Å². The van der Waals surface area contributed by atoms with Crippen LogP contribution in [0.25, 0.3) is 11.0 Å². The Kier molecular flexibility index (Phi) is 5.52. The maximum atomic E-state index is 13.4. The van der Waals surface area contributed by atoms with E-state index in [9.17, 15) is 22.0 Å². The number of carbonyl (C=O) groups is 1. The quantitative estimate of drug-likeness (QED) is 0.617. The van der Waals surface area contributed by atoms with Gasteiger partial charge in [0.1, 0.15) is 0 Å². The molecule has 1 fully saturated rings. The van der Waals surface area contributed by atoms with Gasteiger partial charge >= 0.3 is 0 Å². The molecule has 10 heteroatoms. The van der Waals surface area contributed by atoms with Gasteiger partial charge < -0.3 is 9.47 Å². The largest absolute Gasteiger partial charge is 0.340 e. The average Bonchev–Trinajstić information content (AvgIpc) is 3.17. The predicted molar refractivity (Wildman–Crippen MR) is 106 cm³/mol. The summed E-state index contributed by atoms with van der Waals surface area (Å²) in [6.07, 6.45) is 1.97. The molecule has 1 saturated heterocycles. The van der Waals surface area contributed by atoms with Crippen molar-refractivity contribution in [2.75, 3.05) is 26.2 Å². The molecule has 0 unspecified atom stereocenters. The molecular weight excluding hydrogens is 414 g/mol. The van der Waals surface area contributed by atoms with Gasteiger partial charge in [0.05, 0.1) is 22.3 Å². The molecule has 7 nitrogen and oxygen atoms in total. The van der Waals surface area contributed by atoms with E-state index >= 15 is 0 Å². The van der Waals surface area contributed by atoms with E-state index in [0.717, 1.165) is 23.2 Å². The number of para-hydroxylation sites is 2. The Morgan fingerprint density at radius 1 is 1.00 bits per heavy atom. The first-order valence-electron chi connectivity index (χ1n) is 9.49. The first-order valence-corrected chi connectivity index (χ1v) is 10.9. The third-order valence-corrected chi connectivity index (χ3v) is 7.11. The lowest BCUT2D eigenvalue weighted by atomic mass is 10.3. The molecule has 2 heterocycles. The smallest absolute Gasteiger partial charge is 0.243 e. The summed E-state index contributed by atoms with van der Waals surface area (Å²) in [6.45, 7) is 1.16. The van der Waals surface area contributed by atoms with E-state index in [1.807, 2.05) is 28.8 Å². The van der Waals surface area contributed by atoms with Gasteiger partial charge in [-0.3, -0.25) is 4.79 Å². The Balaban J connectivity index is 1.35. The van der Waals surface area contributed by atoms with Crippen molar-refractivity contribution in [3.63, 3.8) is 0 Å². The zero-order chi connectivity index (χ0) is 21.3. The first-order chi connectivity index (χ1) is 14.4. The lowest BCUT2D eigenvalue weighted by molar-refractivity contribution is -0.132. The van der Waals surface area contributed by atoms with Gasteiger partial charge in [-0.2, -0.15) is 4.31 Å². The minimum atomic E-state index is -3.95. The molecule has 0 aliphatic carbocycles. The molecule has 1 aromatic heterocycles. The van der Waals surface area contributed by atoms with E-state index < -0.39 is 21.7 Å². The Hall–Kier alpha value is -2.85. The van der Waals surface area contributed by atoms with E-state index in [2.05, 4.69) is 4.98 Å². The molecule has 0 atom stereocenters. The number of fused-ring (bicyclic) bond motifs is 1. The molecule has 4 rings (SSSR count). The molecule has 30 heavy (non-hydrogen) atoms. The number of nitrogens with zero attached hydrogens (tertiary/aromatic N) is 4. The monoisotopic (exact) mass is 434 g/mol. The zero-order valence-electron chi connectivity index (χ0n) is 16.0. The molecule has 3 aromatic rings. The van der Waals surface area contributed by atoms with E-state index in [-0.39, 0.29) is 43.4 Å². The number of benzene rings is 2. The van der Waals surface area contributed by atoms with Crippen LogP contribution >= 0.6 is 0 Å². The fourth-order valence-corrected chi connectivity index (χ4v) is 4.96. The van der Waals surface area contributed by atoms with Crippen LogP contribution in [0.2, 0.25) is 0 Å². The predicted octanol–water partition coefficient (Wildman–Crippen LogP) is 2.24. The number of amides is 1. The Morgan fingerprint density at radius 3 is 2.47 bits per heavy atom. The average molecular weight is 434 g/mol. The van der Waals surface area contributed by atoms with Gasteiger partial charge in [0, 0.05) is 39.1 Å². The van der Waals surface area contributed by atoms with Crippen molar-refractivity contribution in [3.8, 4) is 0 Å². The first kappa shape index (κ1) is 20.4. The SMILES string of the molecule is O=C(CCn1cnc2ccccc21)N1CCN(S(=O)(=O)c2ccc(F)c(F)c2)CC1. The number of halogens is 2. The number of carbonyl (C=O) groups excluding carboxylic acids is 1. The molecule has 0 bridgehead atoms.